The number of hydrogen-bond acceptors (Lipinski definition) is 3. The Balaban J connectivity index is 1.43. The maximum absolute atomic E-state index is 13.1. The molecule has 0 bridgehead atoms. The summed E-state index contributed by atoms with van der Waals surface area (Å²) in [6, 6.07) is 17.6. The van der Waals surface area contributed by atoms with Gasteiger partial charge in [0.1, 0.15) is 11.6 Å². The number of carbonyl (C=O) groups is 2. The molecule has 4 rings (SSSR count). The molecule has 1 atom stereocenters. The van der Waals surface area contributed by atoms with Crippen LogP contribution in [0.2, 0.25) is 0 Å². The van der Waals surface area contributed by atoms with E-state index in [0.29, 0.717) is 44.0 Å². The van der Waals surface area contributed by atoms with Gasteiger partial charge in [-0.05, 0) is 41.5 Å². The maximum Gasteiger partial charge on any atom is 0.255 e. The van der Waals surface area contributed by atoms with Gasteiger partial charge in [-0.25, -0.2) is 4.39 Å². The number of nitrogens with zero attached hydrogens (tertiary/aromatic N) is 1. The molecule has 0 aromatic heterocycles. The molecule has 1 heterocycles. The van der Waals surface area contributed by atoms with Crippen molar-refractivity contribution in [2.75, 3.05) is 19.7 Å². The minimum atomic E-state index is -0.294. The molecule has 31 heavy (non-hydrogen) atoms. The number of benzene rings is 3. The van der Waals surface area contributed by atoms with Crippen molar-refractivity contribution >= 4 is 22.6 Å². The second-order valence-corrected chi connectivity index (χ2v) is 7.77. The van der Waals surface area contributed by atoms with Gasteiger partial charge >= 0.3 is 0 Å². The summed E-state index contributed by atoms with van der Waals surface area (Å²) in [6.07, 6.45) is 0.384. The first kappa shape index (κ1) is 20.8. The third-order valence-electron chi connectivity index (χ3n) is 5.55. The molecule has 0 spiro atoms. The summed E-state index contributed by atoms with van der Waals surface area (Å²) in [5.74, 6) is 0.131. The summed E-state index contributed by atoms with van der Waals surface area (Å²) in [6.45, 7) is 3.76. The lowest BCUT2D eigenvalue weighted by Crippen LogP contribution is -2.31. The van der Waals surface area contributed by atoms with Crippen molar-refractivity contribution in [2.45, 2.75) is 19.9 Å². The fourth-order valence-electron chi connectivity index (χ4n) is 4.04. The predicted octanol–water partition coefficient (Wildman–Crippen LogP) is 4.16. The van der Waals surface area contributed by atoms with Crippen LogP contribution in [0.15, 0.2) is 60.7 Å². The SMILES string of the molecule is CCOc1ccc2ccccc2c1C(=O)NCC1CC(=O)N(Cc2ccc(F)cc2)C1. The summed E-state index contributed by atoms with van der Waals surface area (Å²) in [5, 5.41) is 4.81. The zero-order valence-electron chi connectivity index (χ0n) is 17.4. The van der Waals surface area contributed by atoms with Crippen molar-refractivity contribution in [3.8, 4) is 5.75 Å². The van der Waals surface area contributed by atoms with Gasteiger partial charge in [-0.15, -0.1) is 0 Å². The molecule has 1 aliphatic rings. The molecule has 5 nitrogen and oxygen atoms in total. The van der Waals surface area contributed by atoms with Crippen molar-refractivity contribution in [1.29, 1.82) is 0 Å². The third-order valence-corrected chi connectivity index (χ3v) is 5.55. The Labute approximate surface area is 180 Å². The predicted molar refractivity (Wildman–Crippen MR) is 117 cm³/mol. The lowest BCUT2D eigenvalue weighted by molar-refractivity contribution is -0.128. The molecule has 0 radical (unpaired) electrons. The molecule has 1 saturated heterocycles. The van der Waals surface area contributed by atoms with Crippen LogP contribution in [0.3, 0.4) is 0 Å². The van der Waals surface area contributed by atoms with E-state index in [-0.39, 0.29) is 23.5 Å². The number of rotatable bonds is 7. The fraction of sp³-hybridized carbons (Fsp3) is 0.280. The van der Waals surface area contributed by atoms with Crippen LogP contribution in [-0.2, 0) is 11.3 Å². The molecule has 1 aliphatic heterocycles. The molecule has 0 saturated carbocycles. The van der Waals surface area contributed by atoms with E-state index in [1.54, 1.807) is 17.0 Å². The summed E-state index contributed by atoms with van der Waals surface area (Å²) in [7, 11) is 0. The number of likely N-dealkylation sites (tertiary alicyclic amines) is 1. The summed E-state index contributed by atoms with van der Waals surface area (Å²) in [5.41, 5.74) is 1.41. The highest BCUT2D eigenvalue weighted by atomic mass is 19.1. The topological polar surface area (TPSA) is 58.6 Å². The zero-order valence-corrected chi connectivity index (χ0v) is 17.4. The fourth-order valence-corrected chi connectivity index (χ4v) is 4.04. The molecule has 3 aromatic carbocycles. The summed E-state index contributed by atoms with van der Waals surface area (Å²) < 4.78 is 18.8. The first-order chi connectivity index (χ1) is 15.0. The van der Waals surface area contributed by atoms with Crippen LogP contribution in [0, 0.1) is 11.7 Å². The highest BCUT2D eigenvalue weighted by molar-refractivity contribution is 6.09. The van der Waals surface area contributed by atoms with E-state index < -0.39 is 0 Å². The average Bonchev–Trinajstić information content (AvgIpc) is 3.13. The van der Waals surface area contributed by atoms with Gasteiger partial charge in [0.05, 0.1) is 12.2 Å². The van der Waals surface area contributed by atoms with Gasteiger partial charge in [0.2, 0.25) is 5.91 Å². The van der Waals surface area contributed by atoms with Gasteiger partial charge in [-0.1, -0.05) is 42.5 Å². The first-order valence-electron chi connectivity index (χ1n) is 10.5. The van der Waals surface area contributed by atoms with Crippen molar-refractivity contribution in [3.05, 3.63) is 77.6 Å². The third kappa shape index (κ3) is 4.68. The lowest BCUT2D eigenvalue weighted by atomic mass is 10.0. The number of fused-ring (bicyclic) bond motifs is 1. The largest absolute Gasteiger partial charge is 0.493 e. The normalized spacial score (nSPS) is 16.0. The lowest BCUT2D eigenvalue weighted by Gasteiger charge is -2.18. The summed E-state index contributed by atoms with van der Waals surface area (Å²) in [4.78, 5) is 27.2. The van der Waals surface area contributed by atoms with Crippen LogP contribution < -0.4 is 10.1 Å². The highest BCUT2D eigenvalue weighted by Gasteiger charge is 2.30. The van der Waals surface area contributed by atoms with Crippen LogP contribution in [0.25, 0.3) is 10.8 Å². The number of nitrogens with one attached hydrogen (secondary N) is 1. The van der Waals surface area contributed by atoms with Crippen molar-refractivity contribution in [2.24, 2.45) is 5.92 Å². The van der Waals surface area contributed by atoms with Gasteiger partial charge in [-0.2, -0.15) is 0 Å². The molecule has 6 heteroatoms. The smallest absolute Gasteiger partial charge is 0.255 e. The Bertz CT molecular complexity index is 1100. The standard InChI is InChI=1S/C25H25FN2O3/c1-2-31-22-12-9-19-5-3-4-6-21(19)24(22)25(30)27-14-18-13-23(29)28(16-18)15-17-7-10-20(26)11-8-17/h3-12,18H,2,13-16H2,1H3,(H,27,30). The number of halogens is 1. The molecular weight excluding hydrogens is 395 g/mol. The highest BCUT2D eigenvalue weighted by Crippen LogP contribution is 2.28. The maximum atomic E-state index is 13.1. The zero-order chi connectivity index (χ0) is 21.8. The van der Waals surface area contributed by atoms with Gasteiger partial charge in [0.25, 0.3) is 5.91 Å². The monoisotopic (exact) mass is 420 g/mol. The van der Waals surface area contributed by atoms with Crippen LogP contribution in [0.4, 0.5) is 4.39 Å². The number of ether oxygens (including phenoxy) is 1. The van der Waals surface area contributed by atoms with Crippen LogP contribution >= 0.6 is 0 Å². The molecule has 160 valence electrons. The van der Waals surface area contributed by atoms with Gasteiger partial charge in [-0.3, -0.25) is 9.59 Å². The number of amides is 2. The molecule has 2 amide bonds. The van der Waals surface area contributed by atoms with Crippen LogP contribution in [0.1, 0.15) is 29.3 Å². The van der Waals surface area contributed by atoms with Gasteiger partial charge in [0.15, 0.2) is 0 Å². The Kier molecular flexibility index (Phi) is 6.16. The van der Waals surface area contributed by atoms with Crippen LogP contribution in [0.5, 0.6) is 5.75 Å². The van der Waals surface area contributed by atoms with E-state index in [1.165, 1.54) is 12.1 Å². The second kappa shape index (κ2) is 9.16. The molecule has 0 aliphatic carbocycles. The van der Waals surface area contributed by atoms with E-state index in [0.717, 1.165) is 16.3 Å². The van der Waals surface area contributed by atoms with Gasteiger partial charge in [0, 0.05) is 32.0 Å². The Morgan fingerprint density at radius 2 is 1.90 bits per heavy atom. The van der Waals surface area contributed by atoms with Crippen molar-refractivity contribution in [1.82, 2.24) is 10.2 Å². The van der Waals surface area contributed by atoms with Crippen molar-refractivity contribution < 1.29 is 18.7 Å². The summed E-state index contributed by atoms with van der Waals surface area (Å²) >= 11 is 0. The average molecular weight is 420 g/mol. The molecule has 3 aromatic rings. The first-order valence-corrected chi connectivity index (χ1v) is 10.5. The van der Waals surface area contributed by atoms with Gasteiger partial charge < -0.3 is 15.0 Å². The molecule has 1 unspecified atom stereocenters. The van der Waals surface area contributed by atoms with E-state index in [2.05, 4.69) is 5.32 Å². The van der Waals surface area contributed by atoms with E-state index in [4.69, 9.17) is 4.74 Å². The Morgan fingerprint density at radius 3 is 2.68 bits per heavy atom. The Hall–Kier alpha value is -3.41. The molecule has 1 fully saturated rings. The molecular formula is C25H25FN2O3. The van der Waals surface area contributed by atoms with Crippen molar-refractivity contribution in [3.63, 3.8) is 0 Å². The number of carbonyl (C=O) groups excluding carboxylic acids is 2. The van der Waals surface area contributed by atoms with E-state index in [1.807, 2.05) is 43.3 Å². The van der Waals surface area contributed by atoms with E-state index in [9.17, 15) is 14.0 Å². The minimum absolute atomic E-state index is 0.0300. The van der Waals surface area contributed by atoms with Crippen LogP contribution in [-0.4, -0.2) is 36.4 Å². The molecule has 1 N–H and O–H groups in total. The number of hydrogen-bond donors (Lipinski definition) is 1. The minimum Gasteiger partial charge on any atom is -0.493 e. The van der Waals surface area contributed by atoms with E-state index >= 15 is 0 Å². The second-order valence-electron chi connectivity index (χ2n) is 7.77. The Morgan fingerprint density at radius 1 is 1.13 bits per heavy atom. The quantitative estimate of drug-likeness (QED) is 0.625.